The Morgan fingerprint density at radius 1 is 1.41 bits per heavy atom. The topological polar surface area (TPSA) is 59.7 Å². The van der Waals surface area contributed by atoms with Crippen molar-refractivity contribution in [3.63, 3.8) is 0 Å². The first-order valence-corrected chi connectivity index (χ1v) is 5.73. The first-order chi connectivity index (χ1) is 8.20. The van der Waals surface area contributed by atoms with Gasteiger partial charge in [-0.1, -0.05) is 0 Å². The van der Waals surface area contributed by atoms with E-state index in [1.165, 1.54) is 11.3 Å². The summed E-state index contributed by atoms with van der Waals surface area (Å²) in [7, 11) is 1.56. The summed E-state index contributed by atoms with van der Waals surface area (Å²) >= 11 is 1.23. The van der Waals surface area contributed by atoms with E-state index < -0.39 is 5.97 Å². The third-order valence-electron chi connectivity index (χ3n) is 2.63. The van der Waals surface area contributed by atoms with Crippen LogP contribution in [0.2, 0.25) is 0 Å². The second kappa shape index (κ2) is 3.49. The van der Waals surface area contributed by atoms with Crippen LogP contribution in [0.15, 0.2) is 28.9 Å². The van der Waals surface area contributed by atoms with Gasteiger partial charge in [-0.15, -0.1) is 11.3 Å². The molecule has 0 spiro atoms. The van der Waals surface area contributed by atoms with Crippen molar-refractivity contribution in [3.05, 3.63) is 29.3 Å². The van der Waals surface area contributed by atoms with Crippen LogP contribution in [0.1, 0.15) is 9.67 Å². The minimum Gasteiger partial charge on any atom is -0.493 e. The Balaban J connectivity index is 2.45. The molecule has 0 fully saturated rings. The third kappa shape index (κ3) is 1.39. The fraction of sp³-hybridized carbons (Fsp3) is 0.0833. The molecule has 0 saturated carbocycles. The number of carboxylic acids is 1. The predicted molar refractivity (Wildman–Crippen MR) is 65.1 cm³/mol. The zero-order valence-corrected chi connectivity index (χ0v) is 9.71. The minimum atomic E-state index is -0.915. The molecule has 86 valence electrons. The van der Waals surface area contributed by atoms with Crippen LogP contribution in [0.4, 0.5) is 0 Å². The molecule has 0 unspecified atom stereocenters. The number of carbonyl (C=O) groups is 1. The molecule has 1 N–H and O–H groups in total. The number of furan rings is 1. The molecular weight excluding hydrogens is 240 g/mol. The van der Waals surface area contributed by atoms with Gasteiger partial charge in [0.1, 0.15) is 4.88 Å². The summed E-state index contributed by atoms with van der Waals surface area (Å²) < 4.78 is 11.5. The summed E-state index contributed by atoms with van der Waals surface area (Å²) in [5.74, 6) is -0.293. The summed E-state index contributed by atoms with van der Waals surface area (Å²) in [6, 6.07) is 5.29. The van der Waals surface area contributed by atoms with Gasteiger partial charge in [0, 0.05) is 21.5 Å². The largest absolute Gasteiger partial charge is 0.493 e. The van der Waals surface area contributed by atoms with Crippen molar-refractivity contribution < 1.29 is 19.1 Å². The summed E-state index contributed by atoms with van der Waals surface area (Å²) in [4.78, 5) is 11.3. The fourth-order valence-corrected chi connectivity index (χ4v) is 2.82. The quantitative estimate of drug-likeness (QED) is 0.755. The molecule has 0 bridgehead atoms. The van der Waals surface area contributed by atoms with Crippen LogP contribution in [-0.2, 0) is 0 Å². The van der Waals surface area contributed by atoms with Crippen molar-refractivity contribution in [1.82, 2.24) is 0 Å². The maximum absolute atomic E-state index is 11.0. The Hall–Kier alpha value is -2.01. The van der Waals surface area contributed by atoms with Crippen molar-refractivity contribution >= 4 is 38.4 Å². The van der Waals surface area contributed by atoms with Crippen molar-refractivity contribution in [3.8, 4) is 5.75 Å². The number of thiophene rings is 1. The zero-order valence-electron chi connectivity index (χ0n) is 8.89. The van der Waals surface area contributed by atoms with Crippen LogP contribution in [0.3, 0.4) is 0 Å². The molecule has 17 heavy (non-hydrogen) atoms. The molecule has 0 aliphatic rings. The van der Waals surface area contributed by atoms with Crippen LogP contribution in [0.25, 0.3) is 21.1 Å². The molecule has 3 aromatic rings. The molecule has 3 rings (SSSR count). The second-order valence-corrected chi connectivity index (χ2v) is 4.65. The fourth-order valence-electron chi connectivity index (χ4n) is 1.88. The average Bonchev–Trinajstić information content (AvgIpc) is 2.93. The van der Waals surface area contributed by atoms with Gasteiger partial charge in [-0.3, -0.25) is 0 Å². The van der Waals surface area contributed by atoms with E-state index in [1.807, 2.05) is 6.07 Å². The number of hydrogen-bond donors (Lipinski definition) is 1. The van der Waals surface area contributed by atoms with E-state index in [0.717, 1.165) is 15.5 Å². The number of methoxy groups -OCH3 is 1. The van der Waals surface area contributed by atoms with Crippen molar-refractivity contribution in [2.24, 2.45) is 0 Å². The highest BCUT2D eigenvalue weighted by atomic mass is 32.1. The number of carboxylic acid groups (broad SMARTS) is 1. The van der Waals surface area contributed by atoms with Gasteiger partial charge in [0.2, 0.25) is 0 Å². The molecule has 1 aromatic carbocycles. The summed E-state index contributed by atoms with van der Waals surface area (Å²) in [6.07, 6.45) is 1.57. The lowest BCUT2D eigenvalue weighted by molar-refractivity contribution is 0.0702. The molecule has 2 heterocycles. The standard InChI is InChI=1S/C12H8O4S/c1-15-8-5-9-7(4-10(17-9)12(13)14)6-2-3-16-11(6)8/h2-5H,1H3,(H,13,14). The van der Waals surface area contributed by atoms with Gasteiger partial charge in [0.05, 0.1) is 13.4 Å². The highest BCUT2D eigenvalue weighted by Gasteiger charge is 2.15. The Kier molecular flexibility index (Phi) is 2.09. The SMILES string of the molecule is COc1cc2sc(C(=O)O)cc2c2ccoc12. The third-order valence-corrected chi connectivity index (χ3v) is 3.70. The predicted octanol–water partition coefficient (Wildman–Crippen LogP) is 3.35. The zero-order chi connectivity index (χ0) is 12.0. The van der Waals surface area contributed by atoms with Crippen LogP contribution in [0.5, 0.6) is 5.75 Å². The number of ether oxygens (including phenoxy) is 1. The molecule has 4 nitrogen and oxygen atoms in total. The molecule has 0 aliphatic carbocycles. The Morgan fingerprint density at radius 3 is 2.94 bits per heavy atom. The maximum Gasteiger partial charge on any atom is 0.345 e. The Bertz CT molecular complexity index is 723. The lowest BCUT2D eigenvalue weighted by Gasteiger charge is -2.00. The summed E-state index contributed by atoms with van der Waals surface area (Å²) in [5.41, 5.74) is 0.648. The van der Waals surface area contributed by atoms with Crippen molar-refractivity contribution in [1.29, 1.82) is 0 Å². The van der Waals surface area contributed by atoms with E-state index in [4.69, 9.17) is 14.3 Å². The Morgan fingerprint density at radius 2 is 2.24 bits per heavy atom. The molecule has 0 aliphatic heterocycles. The van der Waals surface area contributed by atoms with Crippen LogP contribution in [-0.4, -0.2) is 18.2 Å². The lowest BCUT2D eigenvalue weighted by Crippen LogP contribution is -1.89. The highest BCUT2D eigenvalue weighted by Crippen LogP contribution is 2.38. The van der Waals surface area contributed by atoms with Gasteiger partial charge < -0.3 is 14.3 Å². The second-order valence-electron chi connectivity index (χ2n) is 3.57. The van der Waals surface area contributed by atoms with Gasteiger partial charge >= 0.3 is 5.97 Å². The molecule has 0 atom stereocenters. The number of benzene rings is 1. The van der Waals surface area contributed by atoms with E-state index in [2.05, 4.69) is 0 Å². The number of fused-ring (bicyclic) bond motifs is 3. The number of aromatic carboxylic acids is 1. The van der Waals surface area contributed by atoms with Gasteiger partial charge in [-0.05, 0) is 12.1 Å². The number of rotatable bonds is 2. The first kappa shape index (κ1) is 10.2. The van der Waals surface area contributed by atoms with E-state index >= 15 is 0 Å². The van der Waals surface area contributed by atoms with Crippen molar-refractivity contribution in [2.45, 2.75) is 0 Å². The monoisotopic (exact) mass is 248 g/mol. The van der Waals surface area contributed by atoms with Gasteiger partial charge in [-0.25, -0.2) is 4.79 Å². The van der Waals surface area contributed by atoms with Gasteiger partial charge in [0.25, 0.3) is 0 Å². The summed E-state index contributed by atoms with van der Waals surface area (Å²) in [5, 5.41) is 10.8. The Labute approximate surface area is 100 Å². The van der Waals surface area contributed by atoms with E-state index in [-0.39, 0.29) is 0 Å². The molecule has 0 radical (unpaired) electrons. The molecule has 0 amide bonds. The van der Waals surface area contributed by atoms with Crippen LogP contribution in [0, 0.1) is 0 Å². The molecule has 2 aromatic heterocycles. The minimum absolute atomic E-state index is 0.316. The van der Waals surface area contributed by atoms with Crippen molar-refractivity contribution in [2.75, 3.05) is 7.11 Å². The highest BCUT2D eigenvalue weighted by molar-refractivity contribution is 7.20. The van der Waals surface area contributed by atoms with Gasteiger partial charge in [0.15, 0.2) is 11.3 Å². The smallest absolute Gasteiger partial charge is 0.345 e. The van der Waals surface area contributed by atoms with E-state index in [1.54, 1.807) is 25.5 Å². The average molecular weight is 248 g/mol. The first-order valence-electron chi connectivity index (χ1n) is 4.91. The summed E-state index contributed by atoms with van der Waals surface area (Å²) in [6.45, 7) is 0. The molecule has 0 saturated heterocycles. The normalized spacial score (nSPS) is 11.1. The van der Waals surface area contributed by atoms with Crippen LogP contribution >= 0.6 is 11.3 Å². The molecular formula is C12H8O4S. The number of hydrogen-bond acceptors (Lipinski definition) is 4. The van der Waals surface area contributed by atoms with E-state index in [0.29, 0.717) is 16.2 Å². The van der Waals surface area contributed by atoms with Gasteiger partial charge in [-0.2, -0.15) is 0 Å². The van der Waals surface area contributed by atoms with E-state index in [9.17, 15) is 4.79 Å². The maximum atomic E-state index is 11.0. The lowest BCUT2D eigenvalue weighted by atomic mass is 10.1. The molecule has 5 heteroatoms. The van der Waals surface area contributed by atoms with Crippen LogP contribution < -0.4 is 4.74 Å².